The van der Waals surface area contributed by atoms with Crippen LogP contribution in [0.5, 0.6) is 0 Å². The Morgan fingerprint density at radius 3 is 2.56 bits per heavy atom. The summed E-state index contributed by atoms with van der Waals surface area (Å²) in [5, 5.41) is 17.5. The van der Waals surface area contributed by atoms with Crippen LogP contribution in [-0.4, -0.2) is 52.5 Å². The zero-order valence-corrected chi connectivity index (χ0v) is 23.4. The van der Waals surface area contributed by atoms with Crippen molar-refractivity contribution in [3.63, 3.8) is 0 Å². The van der Waals surface area contributed by atoms with Crippen LogP contribution in [0.3, 0.4) is 0 Å². The smallest absolute Gasteiger partial charge is 0.136 e. The van der Waals surface area contributed by atoms with E-state index in [1.165, 1.54) is 12.8 Å². The molecular formula is C29H45FN4OS. The lowest BCUT2D eigenvalue weighted by molar-refractivity contribution is 0.217. The summed E-state index contributed by atoms with van der Waals surface area (Å²) in [7, 11) is 0. The molecular weight excluding hydrogens is 471 g/mol. The predicted molar refractivity (Wildman–Crippen MR) is 156 cm³/mol. The molecule has 3 aliphatic rings. The van der Waals surface area contributed by atoms with E-state index in [4.69, 9.17) is 4.99 Å². The molecule has 4 rings (SSSR count). The number of thioether (sulfide) groups is 1. The number of likely N-dealkylation sites (tertiary alicyclic amines) is 1. The summed E-state index contributed by atoms with van der Waals surface area (Å²) in [5.41, 5.74) is 3.00. The van der Waals surface area contributed by atoms with Crippen LogP contribution < -0.4 is 10.6 Å². The van der Waals surface area contributed by atoms with Gasteiger partial charge < -0.3 is 15.7 Å². The molecule has 3 N–H and O–H groups in total. The van der Waals surface area contributed by atoms with Gasteiger partial charge in [-0.3, -0.25) is 4.90 Å². The quantitative estimate of drug-likeness (QED) is 0.292. The molecule has 7 heteroatoms. The second kappa shape index (κ2) is 14.7. The highest BCUT2D eigenvalue weighted by atomic mass is 32.2. The zero-order chi connectivity index (χ0) is 25.9. The summed E-state index contributed by atoms with van der Waals surface area (Å²) in [6, 6.07) is 4.12. The number of aliphatic imine (C=N–C) groups is 1. The summed E-state index contributed by atoms with van der Waals surface area (Å²) in [6.07, 6.45) is 12.6. The van der Waals surface area contributed by atoms with E-state index in [9.17, 15) is 5.11 Å². The minimum Gasteiger partial charge on any atom is -0.511 e. The summed E-state index contributed by atoms with van der Waals surface area (Å²) in [5.74, 6) is 1.96. The second-order valence-electron chi connectivity index (χ2n) is 9.58. The normalized spacial score (nSPS) is 20.4. The summed E-state index contributed by atoms with van der Waals surface area (Å²) < 4.78 is 15.1. The highest BCUT2D eigenvalue weighted by molar-refractivity contribution is 8.00. The maximum Gasteiger partial charge on any atom is 0.136 e. The number of benzene rings is 1. The van der Waals surface area contributed by atoms with Gasteiger partial charge in [-0.25, -0.2) is 9.38 Å². The number of allylic oxidation sites excluding steroid dienone is 2. The Labute approximate surface area is 221 Å². The topological polar surface area (TPSA) is 59.9 Å². The van der Waals surface area contributed by atoms with E-state index in [-0.39, 0.29) is 5.82 Å². The molecule has 200 valence electrons. The van der Waals surface area contributed by atoms with E-state index in [0.29, 0.717) is 29.2 Å². The largest absolute Gasteiger partial charge is 0.511 e. The average molecular weight is 517 g/mol. The molecule has 36 heavy (non-hydrogen) atoms. The molecule has 1 saturated heterocycles. The van der Waals surface area contributed by atoms with Gasteiger partial charge in [0.1, 0.15) is 17.4 Å². The molecule has 0 amide bonds. The van der Waals surface area contributed by atoms with Gasteiger partial charge in [-0.1, -0.05) is 46.6 Å². The molecule has 0 atom stereocenters. The Bertz CT molecular complexity index is 931. The molecule has 5 nitrogen and oxygen atoms in total. The second-order valence-corrected chi connectivity index (χ2v) is 10.9. The lowest BCUT2D eigenvalue weighted by atomic mass is 10.0. The number of aliphatic hydroxyl groups excluding tert-OH is 1. The summed E-state index contributed by atoms with van der Waals surface area (Å²) in [4.78, 5) is 7.13. The molecule has 2 fully saturated rings. The van der Waals surface area contributed by atoms with Crippen LogP contribution in [0.1, 0.15) is 84.6 Å². The first-order valence-electron chi connectivity index (χ1n) is 13.9. The number of hydrogen-bond donors (Lipinski definition) is 3. The van der Waals surface area contributed by atoms with E-state index in [2.05, 4.69) is 22.5 Å². The molecule has 0 unspecified atom stereocenters. The first-order valence-corrected chi connectivity index (χ1v) is 15.0. The van der Waals surface area contributed by atoms with Gasteiger partial charge in [-0.15, -0.1) is 0 Å². The number of fused-ring (bicyclic) bond motifs is 1. The fraction of sp³-hybridized carbons (Fsp3) is 0.621. The lowest BCUT2D eigenvalue weighted by Gasteiger charge is -2.31. The number of halogens is 1. The molecule has 1 aromatic rings. The highest BCUT2D eigenvalue weighted by Crippen LogP contribution is 2.36. The van der Waals surface area contributed by atoms with Gasteiger partial charge in [0.2, 0.25) is 0 Å². The molecule has 0 aromatic heterocycles. The number of nitrogens with one attached hydrogen (secondary N) is 2. The van der Waals surface area contributed by atoms with Gasteiger partial charge in [-0.05, 0) is 69.8 Å². The number of rotatable bonds is 9. The van der Waals surface area contributed by atoms with Crippen LogP contribution >= 0.6 is 11.8 Å². The van der Waals surface area contributed by atoms with Crippen molar-refractivity contribution in [2.24, 2.45) is 4.99 Å². The number of aliphatic hydroxyl groups is 1. The Morgan fingerprint density at radius 2 is 1.89 bits per heavy atom. The molecule has 1 aromatic carbocycles. The number of nitrogens with zero attached hydrogens (tertiary/aromatic N) is 2. The molecule has 1 aliphatic carbocycles. The SMILES string of the molecule is CC.CC/C=C(/O)CN1CCC(SCC2=N/C(=C/CC)c3c(F)cc(NC4CCCC4)cc3N2)CC1. The number of hydrogen-bond acceptors (Lipinski definition) is 6. The third-order valence-corrected chi connectivity index (χ3v) is 8.20. The van der Waals surface area contributed by atoms with Crippen molar-refractivity contribution in [1.82, 2.24) is 4.90 Å². The summed E-state index contributed by atoms with van der Waals surface area (Å²) in [6.45, 7) is 10.8. The third-order valence-electron chi connectivity index (χ3n) is 6.82. The Balaban J connectivity index is 0.00000176. The van der Waals surface area contributed by atoms with Gasteiger partial charge in [0.15, 0.2) is 0 Å². The van der Waals surface area contributed by atoms with E-state index in [1.807, 2.05) is 50.8 Å². The van der Waals surface area contributed by atoms with Crippen LogP contribution in [0.4, 0.5) is 15.8 Å². The lowest BCUT2D eigenvalue weighted by Crippen LogP contribution is -2.36. The van der Waals surface area contributed by atoms with E-state index >= 15 is 4.39 Å². The maximum atomic E-state index is 15.1. The van der Waals surface area contributed by atoms with Crippen molar-refractivity contribution in [3.05, 3.63) is 41.4 Å². The number of amidine groups is 1. The van der Waals surface area contributed by atoms with Crippen LogP contribution in [0, 0.1) is 5.82 Å². The van der Waals surface area contributed by atoms with Gasteiger partial charge in [0, 0.05) is 17.0 Å². The first kappa shape index (κ1) is 28.6. The van der Waals surface area contributed by atoms with Gasteiger partial charge in [-0.2, -0.15) is 11.8 Å². The monoisotopic (exact) mass is 516 g/mol. The van der Waals surface area contributed by atoms with Crippen molar-refractivity contribution in [1.29, 1.82) is 0 Å². The standard InChI is InChI=1S/C27H39FN4OS.C2H6/c1-3-7-21(33)17-32-13-11-22(12-14-32)34-18-26-30-24(8-4-2)27-23(28)15-20(16-25(27)31-26)29-19-9-5-6-10-19;1-2/h7-8,15-16,19,22,29,33H,3-6,9-14,17-18H2,1-2H3,(H,30,31);1-2H3/b21-7+,24-8+;. The first-order chi connectivity index (χ1) is 17.6. The van der Waals surface area contributed by atoms with Crippen molar-refractivity contribution < 1.29 is 9.50 Å². The molecule has 0 bridgehead atoms. The van der Waals surface area contributed by atoms with Crippen molar-refractivity contribution >= 4 is 34.7 Å². The highest BCUT2D eigenvalue weighted by Gasteiger charge is 2.25. The van der Waals surface area contributed by atoms with Crippen molar-refractivity contribution in [2.45, 2.75) is 90.4 Å². The molecule has 2 heterocycles. The van der Waals surface area contributed by atoms with Crippen molar-refractivity contribution in [3.8, 4) is 0 Å². The molecule has 0 radical (unpaired) electrons. The third kappa shape index (κ3) is 8.01. The Hall–Kier alpha value is -1.99. The van der Waals surface area contributed by atoms with E-state index in [0.717, 1.165) is 80.3 Å². The van der Waals surface area contributed by atoms with Crippen LogP contribution in [0.15, 0.2) is 35.0 Å². The fourth-order valence-electron chi connectivity index (χ4n) is 5.11. The predicted octanol–water partition coefficient (Wildman–Crippen LogP) is 7.83. The minimum absolute atomic E-state index is 0.214. The number of anilines is 2. The summed E-state index contributed by atoms with van der Waals surface area (Å²) >= 11 is 1.93. The van der Waals surface area contributed by atoms with Gasteiger partial charge in [0.25, 0.3) is 0 Å². The Morgan fingerprint density at radius 1 is 1.17 bits per heavy atom. The van der Waals surface area contributed by atoms with Crippen LogP contribution in [0.25, 0.3) is 5.70 Å². The van der Waals surface area contributed by atoms with E-state index < -0.39 is 0 Å². The van der Waals surface area contributed by atoms with Crippen molar-refractivity contribution in [2.75, 3.05) is 36.0 Å². The fourth-order valence-corrected chi connectivity index (χ4v) is 6.18. The maximum absolute atomic E-state index is 15.1. The molecule has 2 aliphatic heterocycles. The van der Waals surface area contributed by atoms with Crippen LogP contribution in [-0.2, 0) is 0 Å². The Kier molecular flexibility index (Phi) is 11.6. The van der Waals surface area contributed by atoms with E-state index in [1.54, 1.807) is 6.07 Å². The molecule has 0 spiro atoms. The number of piperidine rings is 1. The zero-order valence-electron chi connectivity index (χ0n) is 22.6. The molecule has 1 saturated carbocycles. The van der Waals surface area contributed by atoms with Gasteiger partial charge >= 0.3 is 0 Å². The van der Waals surface area contributed by atoms with Gasteiger partial charge in [0.05, 0.1) is 29.2 Å². The average Bonchev–Trinajstić information content (AvgIpc) is 3.38. The minimum atomic E-state index is -0.214. The van der Waals surface area contributed by atoms with Crippen LogP contribution in [0.2, 0.25) is 0 Å².